The van der Waals surface area contributed by atoms with Crippen LogP contribution in [0.15, 0.2) is 109 Å². The summed E-state index contributed by atoms with van der Waals surface area (Å²) >= 11 is 0. The van der Waals surface area contributed by atoms with Crippen LogP contribution in [0.3, 0.4) is 0 Å². The molecule has 2 N–H and O–H groups in total. The number of aryl methyl sites for hydroxylation is 2. The Balaban J connectivity index is 1.39. The van der Waals surface area contributed by atoms with Gasteiger partial charge in [0, 0.05) is 22.5 Å². The van der Waals surface area contributed by atoms with E-state index >= 15 is 0 Å². The molecule has 0 unspecified atom stereocenters. The minimum atomic E-state index is -0.271. The van der Waals surface area contributed by atoms with Gasteiger partial charge in [-0.2, -0.15) is 0 Å². The minimum absolute atomic E-state index is 0.271. The molecule has 0 radical (unpaired) electrons. The molecule has 6 heteroatoms. The first-order valence-corrected chi connectivity index (χ1v) is 13.8. The Kier molecular flexibility index (Phi) is 7.43. The molecule has 0 spiro atoms. The summed E-state index contributed by atoms with van der Waals surface area (Å²) < 4.78 is 12.3. The van der Waals surface area contributed by atoms with Crippen LogP contribution in [0.1, 0.15) is 43.0 Å². The molecule has 0 saturated carbocycles. The third kappa shape index (κ3) is 5.74. The standard InChI is InChI=1S/C36H30N2O4/c1-23-19-25-21-41-29-15-11-27(12-16-29)37-35(39)33-9-5-3-7-31(33)32-8-4-6-10-34(32)36(40)38-28-13-17-30(18-14-28)42-22-26(25)20-24(23)2/h3-20H,21-22H2,1-2H3,(H,37,39)(H,38,40). The third-order valence-corrected chi connectivity index (χ3v) is 7.46. The molecule has 0 aromatic heterocycles. The van der Waals surface area contributed by atoms with E-state index in [1.54, 1.807) is 12.1 Å². The zero-order chi connectivity index (χ0) is 29.1. The SMILES string of the molecule is Cc1cc2c(cc1C)COc1ccc(cc1)NC(=O)c1ccccc1-c1ccccc1C(=O)Nc1ccc(cc1)OC2. The van der Waals surface area contributed by atoms with Crippen molar-refractivity contribution in [3.63, 3.8) is 0 Å². The zero-order valence-corrected chi connectivity index (χ0v) is 23.4. The van der Waals surface area contributed by atoms with E-state index in [1.165, 1.54) is 11.1 Å². The molecule has 0 atom stereocenters. The summed E-state index contributed by atoms with van der Waals surface area (Å²) in [6, 6.07) is 33.5. The Labute approximate surface area is 244 Å². The highest BCUT2D eigenvalue weighted by atomic mass is 16.5. The number of hydrogen-bond acceptors (Lipinski definition) is 4. The molecule has 4 aliphatic rings. The molecule has 0 aliphatic carbocycles. The van der Waals surface area contributed by atoms with Crippen LogP contribution in [0.4, 0.5) is 11.4 Å². The largest absolute Gasteiger partial charge is 0.489 e. The third-order valence-electron chi connectivity index (χ3n) is 7.46. The minimum Gasteiger partial charge on any atom is -0.489 e. The van der Waals surface area contributed by atoms with E-state index in [4.69, 9.17) is 9.47 Å². The zero-order valence-electron chi connectivity index (χ0n) is 23.4. The number of amides is 2. The lowest BCUT2D eigenvalue weighted by molar-refractivity contribution is 0.101. The van der Waals surface area contributed by atoms with Gasteiger partial charge in [-0.1, -0.05) is 48.5 Å². The summed E-state index contributed by atoms with van der Waals surface area (Å²) in [6.07, 6.45) is 0. The number of anilines is 2. The number of carbonyl (C=O) groups excluding carboxylic acids is 2. The average molecular weight is 555 g/mol. The summed E-state index contributed by atoms with van der Waals surface area (Å²) in [5.74, 6) is 0.839. The summed E-state index contributed by atoms with van der Waals surface area (Å²) in [7, 11) is 0. The molecule has 0 saturated heterocycles. The van der Waals surface area contributed by atoms with E-state index in [-0.39, 0.29) is 11.8 Å². The summed E-state index contributed by atoms with van der Waals surface area (Å²) in [5, 5.41) is 5.97. The molecule has 5 aromatic rings. The maximum absolute atomic E-state index is 13.5. The Morgan fingerprint density at radius 1 is 0.500 bits per heavy atom. The molecule has 5 aromatic carbocycles. The molecule has 4 bridgehead atoms. The fourth-order valence-electron chi connectivity index (χ4n) is 5.02. The number of hydrogen-bond donors (Lipinski definition) is 2. The molecule has 4 aliphatic heterocycles. The maximum atomic E-state index is 13.5. The first-order chi connectivity index (χ1) is 20.4. The average Bonchev–Trinajstić information content (AvgIpc) is 3.01. The lowest BCUT2D eigenvalue weighted by atomic mass is 9.94. The molecule has 9 rings (SSSR count). The highest BCUT2D eigenvalue weighted by molar-refractivity contribution is 6.13. The van der Waals surface area contributed by atoms with Crippen LogP contribution in [0.2, 0.25) is 0 Å². The highest BCUT2D eigenvalue weighted by Crippen LogP contribution is 2.30. The van der Waals surface area contributed by atoms with Gasteiger partial charge in [0.2, 0.25) is 0 Å². The van der Waals surface area contributed by atoms with Crippen molar-refractivity contribution in [3.8, 4) is 22.6 Å². The van der Waals surface area contributed by atoms with Crippen molar-refractivity contribution in [1.29, 1.82) is 0 Å². The number of benzene rings is 5. The van der Waals surface area contributed by atoms with Crippen molar-refractivity contribution in [3.05, 3.63) is 143 Å². The number of rotatable bonds is 0. The monoisotopic (exact) mass is 554 g/mol. The molecule has 2 amide bonds. The number of ether oxygens (including phenoxy) is 2. The van der Waals surface area contributed by atoms with E-state index < -0.39 is 0 Å². The first-order valence-electron chi connectivity index (χ1n) is 13.8. The maximum Gasteiger partial charge on any atom is 0.256 e. The highest BCUT2D eigenvalue weighted by Gasteiger charge is 2.19. The van der Waals surface area contributed by atoms with Crippen molar-refractivity contribution in [2.45, 2.75) is 27.1 Å². The Morgan fingerprint density at radius 2 is 0.857 bits per heavy atom. The first kappa shape index (κ1) is 26.8. The van der Waals surface area contributed by atoms with Gasteiger partial charge >= 0.3 is 0 Å². The topological polar surface area (TPSA) is 76.7 Å². The van der Waals surface area contributed by atoms with Crippen LogP contribution >= 0.6 is 0 Å². The number of carbonyl (C=O) groups is 2. The predicted octanol–water partition coefficient (Wildman–Crippen LogP) is 7.95. The van der Waals surface area contributed by atoms with Crippen LogP contribution in [-0.4, -0.2) is 11.8 Å². The smallest absolute Gasteiger partial charge is 0.256 e. The fourth-order valence-corrected chi connectivity index (χ4v) is 5.02. The molecular weight excluding hydrogens is 524 g/mol. The Hall–Kier alpha value is -5.36. The van der Waals surface area contributed by atoms with Crippen molar-refractivity contribution in [2.75, 3.05) is 10.6 Å². The second-order valence-electron chi connectivity index (χ2n) is 10.3. The predicted molar refractivity (Wildman–Crippen MR) is 165 cm³/mol. The van der Waals surface area contributed by atoms with Crippen LogP contribution < -0.4 is 20.1 Å². The molecule has 208 valence electrons. The van der Waals surface area contributed by atoms with Crippen molar-refractivity contribution < 1.29 is 19.1 Å². The van der Waals surface area contributed by atoms with Gasteiger partial charge in [-0.3, -0.25) is 9.59 Å². The van der Waals surface area contributed by atoms with Crippen molar-refractivity contribution in [2.24, 2.45) is 0 Å². The quantitative estimate of drug-likeness (QED) is 0.204. The fraction of sp³-hybridized carbons (Fsp3) is 0.111. The lowest BCUT2D eigenvalue weighted by Gasteiger charge is -2.16. The van der Waals surface area contributed by atoms with Gasteiger partial charge in [-0.25, -0.2) is 0 Å². The second kappa shape index (κ2) is 11.6. The van der Waals surface area contributed by atoms with Crippen LogP contribution in [0.5, 0.6) is 11.5 Å². The molecular formula is C36H30N2O4. The summed E-state index contributed by atoms with van der Waals surface area (Å²) in [6.45, 7) is 4.92. The van der Waals surface area contributed by atoms with Gasteiger partial charge in [0.15, 0.2) is 0 Å². The molecule has 4 heterocycles. The van der Waals surface area contributed by atoms with Gasteiger partial charge in [0.25, 0.3) is 11.8 Å². The van der Waals surface area contributed by atoms with Gasteiger partial charge < -0.3 is 20.1 Å². The molecule has 6 nitrogen and oxygen atoms in total. The van der Waals surface area contributed by atoms with Gasteiger partial charge in [-0.15, -0.1) is 0 Å². The summed E-state index contributed by atoms with van der Waals surface area (Å²) in [5.41, 5.74) is 7.96. The van der Waals surface area contributed by atoms with Crippen molar-refractivity contribution >= 4 is 23.2 Å². The Bertz CT molecular complexity index is 1640. The van der Waals surface area contributed by atoms with Gasteiger partial charge in [0.1, 0.15) is 24.7 Å². The molecule has 0 fully saturated rings. The van der Waals surface area contributed by atoms with Crippen LogP contribution in [0.25, 0.3) is 11.1 Å². The van der Waals surface area contributed by atoms with Gasteiger partial charge in [0.05, 0.1) is 0 Å². The van der Waals surface area contributed by atoms with Gasteiger partial charge in [-0.05, 0) is 108 Å². The van der Waals surface area contributed by atoms with Crippen LogP contribution in [-0.2, 0) is 13.2 Å². The van der Waals surface area contributed by atoms with E-state index in [1.807, 2.05) is 84.9 Å². The summed E-state index contributed by atoms with van der Waals surface area (Å²) in [4.78, 5) is 26.9. The van der Waals surface area contributed by atoms with Crippen LogP contribution in [0, 0.1) is 13.8 Å². The lowest BCUT2D eigenvalue weighted by Crippen LogP contribution is -2.16. The Morgan fingerprint density at radius 3 is 1.24 bits per heavy atom. The number of nitrogens with one attached hydrogen (secondary N) is 2. The van der Waals surface area contributed by atoms with E-state index in [0.717, 1.165) is 11.1 Å². The van der Waals surface area contributed by atoms with E-state index in [9.17, 15) is 9.59 Å². The second-order valence-corrected chi connectivity index (χ2v) is 10.3. The normalized spacial score (nSPS) is 13.2. The van der Waals surface area contributed by atoms with Crippen molar-refractivity contribution in [1.82, 2.24) is 0 Å². The molecule has 42 heavy (non-hydrogen) atoms. The van der Waals surface area contributed by atoms with E-state index in [0.29, 0.717) is 58.3 Å². The van der Waals surface area contributed by atoms with E-state index in [2.05, 4.69) is 36.6 Å².